The summed E-state index contributed by atoms with van der Waals surface area (Å²) in [6, 6.07) is -0.258. The predicted octanol–water partition coefficient (Wildman–Crippen LogP) is -0.364. The summed E-state index contributed by atoms with van der Waals surface area (Å²) in [5.41, 5.74) is 0. The van der Waals surface area contributed by atoms with E-state index < -0.39 is 16.2 Å². The Hall–Kier alpha value is -0.660. The zero-order chi connectivity index (χ0) is 11.4. The summed E-state index contributed by atoms with van der Waals surface area (Å²) in [4.78, 5) is 10.3. The molecule has 0 spiro atoms. The van der Waals surface area contributed by atoms with E-state index in [1.54, 1.807) is 13.8 Å². The fraction of sp³-hybridized carbons (Fsp3) is 0.857. The third-order valence-electron chi connectivity index (χ3n) is 1.69. The Morgan fingerprint density at radius 3 is 2.29 bits per heavy atom. The van der Waals surface area contributed by atoms with Crippen LogP contribution < -0.4 is 4.72 Å². The van der Waals surface area contributed by atoms with Gasteiger partial charge in [0.15, 0.2) is 0 Å². The van der Waals surface area contributed by atoms with Gasteiger partial charge in [0.1, 0.15) is 0 Å². The van der Waals surface area contributed by atoms with Gasteiger partial charge >= 0.3 is 5.97 Å². The molecule has 0 aliphatic rings. The van der Waals surface area contributed by atoms with E-state index in [2.05, 4.69) is 4.72 Å². The van der Waals surface area contributed by atoms with Gasteiger partial charge in [-0.15, -0.1) is 0 Å². The van der Waals surface area contributed by atoms with Crippen LogP contribution in [0.3, 0.4) is 0 Å². The number of aliphatic carboxylic acids is 1. The molecule has 7 heteroatoms. The van der Waals surface area contributed by atoms with Gasteiger partial charge in [0.25, 0.3) is 10.2 Å². The molecule has 0 aromatic rings. The number of carbonyl (C=O) groups is 1. The number of carboxylic acids is 1. The summed E-state index contributed by atoms with van der Waals surface area (Å²) < 4.78 is 26.0. The summed E-state index contributed by atoms with van der Waals surface area (Å²) in [7, 11) is -2.24. The second kappa shape index (κ2) is 5.28. The van der Waals surface area contributed by atoms with Gasteiger partial charge in [0.2, 0.25) is 0 Å². The largest absolute Gasteiger partial charge is 0.481 e. The van der Waals surface area contributed by atoms with Crippen LogP contribution in [0.15, 0.2) is 0 Å². The molecule has 0 amide bonds. The number of nitrogens with zero attached hydrogens (tertiary/aromatic N) is 1. The Kier molecular flexibility index (Phi) is 5.03. The summed E-state index contributed by atoms with van der Waals surface area (Å²) in [5, 5.41) is 8.44. The predicted molar refractivity (Wildman–Crippen MR) is 52.1 cm³/mol. The van der Waals surface area contributed by atoms with E-state index in [0.717, 1.165) is 4.31 Å². The van der Waals surface area contributed by atoms with Crippen LogP contribution in [0.5, 0.6) is 0 Å². The lowest BCUT2D eigenvalue weighted by atomic mass is 10.3. The first kappa shape index (κ1) is 13.3. The quantitative estimate of drug-likeness (QED) is 0.645. The minimum Gasteiger partial charge on any atom is -0.481 e. The van der Waals surface area contributed by atoms with Crippen LogP contribution in [0.2, 0.25) is 0 Å². The molecule has 14 heavy (non-hydrogen) atoms. The molecule has 84 valence electrons. The standard InChI is InChI=1S/C7H16N2O4S/c1-6(2)9(5-4-7(10)11)14(12,13)8-3/h6,8H,4-5H2,1-3H3,(H,10,11). The van der Waals surface area contributed by atoms with Crippen LogP contribution in [0.1, 0.15) is 20.3 Å². The highest BCUT2D eigenvalue weighted by Crippen LogP contribution is 2.05. The molecular weight excluding hydrogens is 208 g/mol. The van der Waals surface area contributed by atoms with Crippen LogP contribution in [-0.4, -0.2) is 43.4 Å². The Balaban J connectivity index is 4.54. The van der Waals surface area contributed by atoms with Crippen molar-refractivity contribution in [2.45, 2.75) is 26.3 Å². The monoisotopic (exact) mass is 224 g/mol. The zero-order valence-electron chi connectivity index (χ0n) is 8.52. The summed E-state index contributed by atoms with van der Waals surface area (Å²) in [6.45, 7) is 3.36. The average molecular weight is 224 g/mol. The number of carboxylic acid groups (broad SMARTS) is 1. The van der Waals surface area contributed by atoms with Crippen molar-refractivity contribution in [3.8, 4) is 0 Å². The van der Waals surface area contributed by atoms with E-state index in [0.29, 0.717) is 0 Å². The summed E-state index contributed by atoms with van der Waals surface area (Å²) >= 11 is 0. The van der Waals surface area contributed by atoms with E-state index in [-0.39, 0.29) is 19.0 Å². The second-order valence-electron chi connectivity index (χ2n) is 3.06. The zero-order valence-corrected chi connectivity index (χ0v) is 9.34. The van der Waals surface area contributed by atoms with Gasteiger partial charge in [-0.2, -0.15) is 12.7 Å². The van der Waals surface area contributed by atoms with Crippen molar-refractivity contribution in [2.24, 2.45) is 0 Å². The molecule has 0 saturated carbocycles. The van der Waals surface area contributed by atoms with E-state index in [1.807, 2.05) is 0 Å². The number of rotatable bonds is 6. The SMILES string of the molecule is CNS(=O)(=O)N(CCC(=O)O)C(C)C. The topological polar surface area (TPSA) is 86.7 Å². The first-order valence-corrected chi connectivity index (χ1v) is 5.67. The molecule has 0 atom stereocenters. The Morgan fingerprint density at radius 2 is 2.00 bits per heavy atom. The molecule has 0 aromatic heterocycles. The fourth-order valence-corrected chi connectivity index (χ4v) is 2.10. The van der Waals surface area contributed by atoms with Gasteiger partial charge in [0, 0.05) is 19.6 Å². The second-order valence-corrected chi connectivity index (χ2v) is 4.88. The van der Waals surface area contributed by atoms with Crippen molar-refractivity contribution in [1.29, 1.82) is 0 Å². The third-order valence-corrected chi connectivity index (χ3v) is 3.43. The molecule has 0 aliphatic carbocycles. The van der Waals surface area contributed by atoms with E-state index in [4.69, 9.17) is 5.11 Å². The van der Waals surface area contributed by atoms with Crippen LogP contribution in [0, 0.1) is 0 Å². The van der Waals surface area contributed by atoms with Crippen molar-refractivity contribution in [1.82, 2.24) is 9.03 Å². The fourth-order valence-electron chi connectivity index (χ4n) is 0.979. The van der Waals surface area contributed by atoms with E-state index in [9.17, 15) is 13.2 Å². The van der Waals surface area contributed by atoms with Gasteiger partial charge in [-0.3, -0.25) is 4.79 Å². The van der Waals surface area contributed by atoms with Crippen molar-refractivity contribution in [3.63, 3.8) is 0 Å². The maximum atomic E-state index is 11.4. The van der Waals surface area contributed by atoms with Crippen molar-refractivity contribution in [2.75, 3.05) is 13.6 Å². The van der Waals surface area contributed by atoms with Gasteiger partial charge in [-0.1, -0.05) is 0 Å². The van der Waals surface area contributed by atoms with Crippen molar-refractivity contribution < 1.29 is 18.3 Å². The van der Waals surface area contributed by atoms with Gasteiger partial charge < -0.3 is 5.11 Å². The van der Waals surface area contributed by atoms with E-state index >= 15 is 0 Å². The van der Waals surface area contributed by atoms with E-state index in [1.165, 1.54) is 7.05 Å². The number of hydrogen-bond acceptors (Lipinski definition) is 3. The smallest absolute Gasteiger partial charge is 0.304 e. The van der Waals surface area contributed by atoms with Crippen LogP contribution in [-0.2, 0) is 15.0 Å². The average Bonchev–Trinajstić information content (AvgIpc) is 2.03. The highest BCUT2D eigenvalue weighted by Gasteiger charge is 2.23. The molecule has 0 bridgehead atoms. The maximum Gasteiger partial charge on any atom is 0.304 e. The van der Waals surface area contributed by atoms with Crippen molar-refractivity contribution in [3.05, 3.63) is 0 Å². The number of hydrogen-bond donors (Lipinski definition) is 2. The van der Waals surface area contributed by atoms with Crippen LogP contribution in [0.25, 0.3) is 0 Å². The first-order valence-electron chi connectivity index (χ1n) is 4.23. The molecule has 0 fully saturated rings. The molecule has 0 rings (SSSR count). The van der Waals surface area contributed by atoms with Gasteiger partial charge in [-0.05, 0) is 13.8 Å². The minimum absolute atomic E-state index is 0.0177. The molecule has 0 unspecified atom stereocenters. The Morgan fingerprint density at radius 1 is 1.50 bits per heavy atom. The highest BCUT2D eigenvalue weighted by atomic mass is 32.2. The van der Waals surface area contributed by atoms with Crippen molar-refractivity contribution >= 4 is 16.2 Å². The summed E-state index contributed by atoms with van der Waals surface area (Å²) in [6.07, 6.45) is -0.195. The lowest BCUT2D eigenvalue weighted by molar-refractivity contribution is -0.137. The molecule has 6 nitrogen and oxygen atoms in total. The molecule has 0 saturated heterocycles. The highest BCUT2D eigenvalue weighted by molar-refractivity contribution is 7.87. The normalized spacial score (nSPS) is 12.4. The molecule has 0 aromatic carbocycles. The number of nitrogens with one attached hydrogen (secondary N) is 1. The molecular formula is C7H16N2O4S. The Bertz CT molecular complexity index is 286. The Labute approximate surface area is 84.1 Å². The van der Waals surface area contributed by atoms with Crippen LogP contribution in [0.4, 0.5) is 0 Å². The van der Waals surface area contributed by atoms with Gasteiger partial charge in [0.05, 0.1) is 6.42 Å². The molecule has 0 aliphatic heterocycles. The van der Waals surface area contributed by atoms with Crippen LogP contribution >= 0.6 is 0 Å². The van der Waals surface area contributed by atoms with Gasteiger partial charge in [-0.25, -0.2) is 4.72 Å². The maximum absolute atomic E-state index is 11.4. The molecule has 2 N–H and O–H groups in total. The lowest BCUT2D eigenvalue weighted by Crippen LogP contribution is -2.44. The first-order chi connectivity index (χ1) is 6.31. The molecule has 0 radical (unpaired) electrons. The lowest BCUT2D eigenvalue weighted by Gasteiger charge is -2.24. The summed E-state index contributed by atoms with van der Waals surface area (Å²) in [5.74, 6) is -1.01. The third kappa shape index (κ3) is 4.03. The molecule has 0 heterocycles. The minimum atomic E-state index is -3.54.